The first-order valence-corrected chi connectivity index (χ1v) is 7.31. The molecule has 0 bridgehead atoms. The van der Waals surface area contributed by atoms with Gasteiger partial charge in [-0.3, -0.25) is 4.18 Å². The van der Waals surface area contributed by atoms with Crippen LogP contribution >= 0.6 is 0 Å². The zero-order valence-electron chi connectivity index (χ0n) is 10.9. The van der Waals surface area contributed by atoms with Crippen LogP contribution in [0.25, 0.3) is 0 Å². The van der Waals surface area contributed by atoms with E-state index in [4.69, 9.17) is 4.18 Å². The van der Waals surface area contributed by atoms with Crippen molar-refractivity contribution in [3.63, 3.8) is 0 Å². The van der Waals surface area contributed by atoms with E-state index in [1.807, 2.05) is 18.5 Å². The molecule has 1 aromatic carbocycles. The van der Waals surface area contributed by atoms with Crippen molar-refractivity contribution in [3.8, 4) is 0 Å². The Hall–Kier alpha value is -1.66. The van der Waals surface area contributed by atoms with Crippen molar-refractivity contribution >= 4 is 10.1 Å². The summed E-state index contributed by atoms with van der Waals surface area (Å²) in [7, 11) is -1.81. The van der Waals surface area contributed by atoms with Crippen molar-refractivity contribution in [1.82, 2.24) is 9.55 Å². The molecule has 6 heteroatoms. The van der Waals surface area contributed by atoms with Gasteiger partial charge in [0.1, 0.15) is 0 Å². The molecule has 2 aromatic rings. The van der Waals surface area contributed by atoms with Crippen LogP contribution in [0.1, 0.15) is 11.3 Å². The second kappa shape index (κ2) is 5.54. The number of imidazole rings is 1. The summed E-state index contributed by atoms with van der Waals surface area (Å²) < 4.78 is 30.7. The highest BCUT2D eigenvalue weighted by Gasteiger charge is 2.14. The number of rotatable bonds is 5. The van der Waals surface area contributed by atoms with Gasteiger partial charge in [0.05, 0.1) is 17.8 Å². The monoisotopic (exact) mass is 280 g/mol. The first-order valence-electron chi connectivity index (χ1n) is 5.90. The highest BCUT2D eigenvalue weighted by atomic mass is 32.2. The molecular weight excluding hydrogens is 264 g/mol. The van der Waals surface area contributed by atoms with Crippen molar-refractivity contribution in [1.29, 1.82) is 0 Å². The van der Waals surface area contributed by atoms with Gasteiger partial charge >= 0.3 is 0 Å². The molecular formula is C13H16N2O3S. The summed E-state index contributed by atoms with van der Waals surface area (Å²) in [6.45, 7) is 2.01. The third kappa shape index (κ3) is 3.42. The van der Waals surface area contributed by atoms with Gasteiger partial charge in [-0.15, -0.1) is 0 Å². The third-order valence-electron chi connectivity index (χ3n) is 2.82. The molecule has 0 saturated heterocycles. The lowest BCUT2D eigenvalue weighted by Crippen LogP contribution is -2.10. The summed E-state index contributed by atoms with van der Waals surface area (Å²) in [5.41, 5.74) is 1.94. The van der Waals surface area contributed by atoms with E-state index in [2.05, 4.69) is 4.98 Å². The van der Waals surface area contributed by atoms with Crippen LogP contribution in [-0.2, 0) is 27.8 Å². The molecule has 0 atom stereocenters. The molecule has 0 saturated carbocycles. The Bertz CT molecular complexity index is 645. The Kier molecular flexibility index (Phi) is 4.01. The summed E-state index contributed by atoms with van der Waals surface area (Å²) in [5, 5.41) is 0. The zero-order chi connectivity index (χ0) is 13.9. The molecule has 19 heavy (non-hydrogen) atoms. The van der Waals surface area contributed by atoms with Crippen molar-refractivity contribution in [2.45, 2.75) is 18.2 Å². The fraction of sp³-hybridized carbons (Fsp3) is 0.308. The van der Waals surface area contributed by atoms with Crippen LogP contribution < -0.4 is 0 Å². The van der Waals surface area contributed by atoms with E-state index in [9.17, 15) is 8.42 Å². The molecule has 0 amide bonds. The highest BCUT2D eigenvalue weighted by molar-refractivity contribution is 7.86. The molecule has 5 nitrogen and oxygen atoms in total. The Labute approximate surface area is 113 Å². The number of hydrogen-bond donors (Lipinski definition) is 0. The number of nitrogens with zero attached hydrogens (tertiary/aromatic N) is 2. The van der Waals surface area contributed by atoms with E-state index in [1.54, 1.807) is 36.8 Å². The summed E-state index contributed by atoms with van der Waals surface area (Å²) in [4.78, 5) is 4.15. The van der Waals surface area contributed by atoms with Crippen LogP contribution in [0.3, 0.4) is 0 Å². The van der Waals surface area contributed by atoms with E-state index in [0.717, 1.165) is 11.3 Å². The maximum atomic E-state index is 11.9. The van der Waals surface area contributed by atoms with E-state index in [1.165, 1.54) is 0 Å². The Morgan fingerprint density at radius 2 is 1.95 bits per heavy atom. The van der Waals surface area contributed by atoms with Gasteiger partial charge in [-0.25, -0.2) is 4.98 Å². The molecule has 0 aliphatic heterocycles. The second-order valence-corrected chi connectivity index (χ2v) is 5.95. The van der Waals surface area contributed by atoms with Crippen molar-refractivity contribution in [2.75, 3.05) is 6.61 Å². The Morgan fingerprint density at radius 3 is 2.53 bits per heavy atom. The number of benzene rings is 1. The second-order valence-electron chi connectivity index (χ2n) is 4.34. The fourth-order valence-electron chi connectivity index (χ4n) is 1.65. The average molecular weight is 280 g/mol. The molecule has 1 aromatic heterocycles. The topological polar surface area (TPSA) is 61.2 Å². The summed E-state index contributed by atoms with van der Waals surface area (Å²) in [6, 6.07) is 6.60. The summed E-state index contributed by atoms with van der Waals surface area (Å²) in [5.74, 6) is 0. The van der Waals surface area contributed by atoms with E-state index < -0.39 is 10.1 Å². The number of hydrogen-bond acceptors (Lipinski definition) is 4. The van der Waals surface area contributed by atoms with Gasteiger partial charge in [0.15, 0.2) is 0 Å². The van der Waals surface area contributed by atoms with E-state index in [0.29, 0.717) is 6.42 Å². The first kappa shape index (κ1) is 13.8. The van der Waals surface area contributed by atoms with Crippen LogP contribution in [0.5, 0.6) is 0 Å². The fourth-order valence-corrected chi connectivity index (χ4v) is 2.56. The maximum Gasteiger partial charge on any atom is 0.296 e. The number of aryl methyl sites for hydroxylation is 2. The van der Waals surface area contributed by atoms with Gasteiger partial charge in [-0.2, -0.15) is 8.42 Å². The first-order chi connectivity index (χ1) is 8.99. The van der Waals surface area contributed by atoms with Crippen molar-refractivity contribution in [2.24, 2.45) is 7.05 Å². The normalized spacial score (nSPS) is 11.7. The minimum Gasteiger partial charge on any atom is -0.338 e. The highest BCUT2D eigenvalue weighted by Crippen LogP contribution is 2.13. The lowest BCUT2D eigenvalue weighted by atomic mass is 10.2. The summed E-state index contributed by atoms with van der Waals surface area (Å²) in [6.07, 6.45) is 3.87. The SMILES string of the molecule is Cc1ccc(S(=O)(=O)OCCc2cncn2C)cc1. The van der Waals surface area contributed by atoms with E-state index >= 15 is 0 Å². The maximum absolute atomic E-state index is 11.9. The quantitative estimate of drug-likeness (QED) is 0.782. The van der Waals surface area contributed by atoms with Crippen LogP contribution in [0.2, 0.25) is 0 Å². The van der Waals surface area contributed by atoms with Gasteiger partial charge in [0.2, 0.25) is 0 Å². The van der Waals surface area contributed by atoms with Crippen LogP contribution in [0, 0.1) is 6.92 Å². The van der Waals surface area contributed by atoms with Crippen LogP contribution in [0.4, 0.5) is 0 Å². The molecule has 0 radical (unpaired) electrons. The molecule has 0 aliphatic carbocycles. The molecule has 0 spiro atoms. The molecule has 0 N–H and O–H groups in total. The van der Waals surface area contributed by atoms with Crippen molar-refractivity contribution in [3.05, 3.63) is 48.0 Å². The predicted octanol–water partition coefficient (Wildman–Crippen LogP) is 1.68. The van der Waals surface area contributed by atoms with Crippen LogP contribution in [-0.4, -0.2) is 24.6 Å². The minimum atomic E-state index is -3.67. The van der Waals surface area contributed by atoms with Gasteiger partial charge in [-0.1, -0.05) is 17.7 Å². The van der Waals surface area contributed by atoms with E-state index in [-0.39, 0.29) is 11.5 Å². The molecule has 0 unspecified atom stereocenters. The smallest absolute Gasteiger partial charge is 0.296 e. The van der Waals surface area contributed by atoms with Gasteiger partial charge < -0.3 is 4.57 Å². The largest absolute Gasteiger partial charge is 0.338 e. The third-order valence-corrected chi connectivity index (χ3v) is 4.15. The molecule has 102 valence electrons. The molecule has 0 aliphatic rings. The average Bonchev–Trinajstić information content (AvgIpc) is 2.75. The lowest BCUT2D eigenvalue weighted by Gasteiger charge is -2.06. The minimum absolute atomic E-state index is 0.107. The van der Waals surface area contributed by atoms with Crippen molar-refractivity contribution < 1.29 is 12.6 Å². The summed E-state index contributed by atoms with van der Waals surface area (Å²) >= 11 is 0. The molecule has 2 rings (SSSR count). The zero-order valence-corrected chi connectivity index (χ0v) is 11.7. The van der Waals surface area contributed by atoms with Gasteiger partial charge in [0.25, 0.3) is 10.1 Å². The van der Waals surface area contributed by atoms with Gasteiger partial charge in [0, 0.05) is 25.4 Å². The number of aromatic nitrogens is 2. The molecule has 0 fully saturated rings. The Morgan fingerprint density at radius 1 is 1.26 bits per heavy atom. The van der Waals surface area contributed by atoms with Gasteiger partial charge in [-0.05, 0) is 19.1 Å². The standard InChI is InChI=1S/C13H16N2O3S/c1-11-3-5-13(6-4-11)19(16,17)18-8-7-12-9-14-10-15(12)2/h3-6,9-10H,7-8H2,1-2H3. The van der Waals surface area contributed by atoms with Crippen LogP contribution in [0.15, 0.2) is 41.7 Å². The molecule has 1 heterocycles. The lowest BCUT2D eigenvalue weighted by molar-refractivity contribution is 0.319. The Balaban J connectivity index is 1.98. The predicted molar refractivity (Wildman–Crippen MR) is 71.2 cm³/mol.